The molecule has 14 heteroatoms. The highest BCUT2D eigenvalue weighted by Crippen LogP contribution is 2.31. The number of halogens is 3. The van der Waals surface area contributed by atoms with Gasteiger partial charge in [-0.3, -0.25) is 9.89 Å². The number of carbonyl (C=O) groups is 1. The summed E-state index contributed by atoms with van der Waals surface area (Å²) < 4.78 is 44.3. The minimum Gasteiger partial charge on any atom is -0.406 e. The molecular formula is C36H36F3N7O4. The minimum atomic E-state index is -4.79. The van der Waals surface area contributed by atoms with Gasteiger partial charge in [0.15, 0.2) is 0 Å². The van der Waals surface area contributed by atoms with Gasteiger partial charge in [-0.1, -0.05) is 24.3 Å². The number of H-pyrrole nitrogens is 1. The molecule has 2 aromatic heterocycles. The van der Waals surface area contributed by atoms with E-state index in [-0.39, 0.29) is 25.4 Å². The molecule has 1 atom stereocenters. The lowest BCUT2D eigenvalue weighted by atomic mass is 10.0. The predicted molar refractivity (Wildman–Crippen MR) is 183 cm³/mol. The highest BCUT2D eigenvalue weighted by Gasteiger charge is 2.31. The van der Waals surface area contributed by atoms with Gasteiger partial charge >= 0.3 is 6.36 Å². The number of nitrogens with two attached hydrogens (primary N) is 1. The lowest BCUT2D eigenvalue weighted by molar-refractivity contribution is -0.274. The van der Waals surface area contributed by atoms with Gasteiger partial charge in [-0.25, -0.2) is 4.98 Å². The van der Waals surface area contributed by atoms with Crippen molar-refractivity contribution in [2.75, 3.05) is 31.2 Å². The van der Waals surface area contributed by atoms with Crippen LogP contribution >= 0.6 is 0 Å². The second kappa shape index (κ2) is 15.0. The van der Waals surface area contributed by atoms with Crippen LogP contribution in [-0.2, 0) is 17.9 Å². The number of alkyl halides is 3. The van der Waals surface area contributed by atoms with Crippen LogP contribution in [0.3, 0.4) is 0 Å². The van der Waals surface area contributed by atoms with Gasteiger partial charge in [-0.15, -0.1) is 13.2 Å². The van der Waals surface area contributed by atoms with Crippen molar-refractivity contribution >= 4 is 33.5 Å². The summed E-state index contributed by atoms with van der Waals surface area (Å²) in [5, 5.41) is 30.4. The van der Waals surface area contributed by atoms with E-state index in [0.29, 0.717) is 37.5 Å². The van der Waals surface area contributed by atoms with Gasteiger partial charge in [0.1, 0.15) is 11.6 Å². The summed E-state index contributed by atoms with van der Waals surface area (Å²) in [4.78, 5) is 19.0. The summed E-state index contributed by atoms with van der Waals surface area (Å²) in [7, 11) is 0. The normalized spacial score (nSPS) is 12.4. The molecule has 0 saturated carbocycles. The smallest absolute Gasteiger partial charge is 0.406 e. The van der Waals surface area contributed by atoms with Crippen molar-refractivity contribution in [1.29, 1.82) is 0 Å². The van der Waals surface area contributed by atoms with E-state index >= 15 is 0 Å². The molecule has 0 aliphatic rings. The zero-order valence-electron chi connectivity index (χ0n) is 26.9. The highest BCUT2D eigenvalue weighted by molar-refractivity contribution is 5.83. The number of nitrogens with zero attached hydrogens (tertiary/aromatic N) is 4. The number of benzene rings is 4. The van der Waals surface area contributed by atoms with Crippen LogP contribution in [-0.4, -0.2) is 68.5 Å². The number of anilines is 1. The summed E-state index contributed by atoms with van der Waals surface area (Å²) >= 11 is 0. The maximum atomic E-state index is 12.8. The molecule has 1 amide bonds. The maximum Gasteiger partial charge on any atom is 0.573 e. The SMILES string of the molecule is NC(=O)CC(NCc1ccc2[nH]ncc2c1)c1ccc2c(c1)nc(-c1ccc(N(CCO)CCO)cc1)n2Cc1ccc(OC(F)(F)F)cc1. The number of aromatic amines is 1. The molecule has 0 fully saturated rings. The lowest BCUT2D eigenvalue weighted by Crippen LogP contribution is -2.29. The summed E-state index contributed by atoms with van der Waals surface area (Å²) in [6.45, 7) is 1.33. The number of nitrogens with one attached hydrogen (secondary N) is 2. The van der Waals surface area contributed by atoms with Crippen molar-refractivity contribution in [3.63, 3.8) is 0 Å². The van der Waals surface area contributed by atoms with Crippen LogP contribution in [0.1, 0.15) is 29.2 Å². The number of carbonyl (C=O) groups excluding carboxylic acids is 1. The molecule has 0 spiro atoms. The number of aliphatic hydroxyl groups is 2. The zero-order chi connectivity index (χ0) is 35.3. The molecule has 1 unspecified atom stereocenters. The summed E-state index contributed by atoms with van der Waals surface area (Å²) in [6, 6.07) is 24.5. The lowest BCUT2D eigenvalue weighted by Gasteiger charge is -2.23. The fourth-order valence-electron chi connectivity index (χ4n) is 6.01. The Kier molecular flexibility index (Phi) is 10.3. The van der Waals surface area contributed by atoms with Gasteiger partial charge < -0.3 is 35.5 Å². The Hall–Kier alpha value is -5.44. The van der Waals surface area contributed by atoms with Gasteiger partial charge in [0.25, 0.3) is 0 Å². The van der Waals surface area contributed by atoms with Gasteiger partial charge in [-0.2, -0.15) is 5.10 Å². The first kappa shape index (κ1) is 34.4. The average Bonchev–Trinajstić information content (AvgIpc) is 3.71. The standard InChI is InChI=1S/C36H36F3N7O4/c37-36(38,39)50-29-9-1-23(2-10-29)22-46-33-12-6-26(31(19-34(40)49)41-20-24-3-11-30-27(17-24)21-42-44-30)18-32(33)43-35(46)25-4-7-28(8-5-25)45(13-15-47)14-16-48/h1-12,17-18,21,31,41,47-48H,13-16,19-20,22H2,(H2,40,49)(H,42,44). The quantitative estimate of drug-likeness (QED) is 0.101. The Morgan fingerprint density at radius 1 is 0.960 bits per heavy atom. The summed E-state index contributed by atoms with van der Waals surface area (Å²) in [5.74, 6) is -0.165. The molecule has 0 aliphatic carbocycles. The monoisotopic (exact) mass is 687 g/mol. The van der Waals surface area contributed by atoms with E-state index in [1.54, 1.807) is 18.3 Å². The number of amides is 1. The topological polar surface area (TPSA) is 155 Å². The number of fused-ring (bicyclic) bond motifs is 2. The van der Waals surface area contributed by atoms with Crippen LogP contribution in [0.4, 0.5) is 18.9 Å². The number of aliphatic hydroxyl groups excluding tert-OH is 2. The van der Waals surface area contributed by atoms with Gasteiger partial charge in [0.2, 0.25) is 5.91 Å². The van der Waals surface area contributed by atoms with Crippen LogP contribution in [0.25, 0.3) is 33.3 Å². The van der Waals surface area contributed by atoms with E-state index < -0.39 is 18.3 Å². The average molecular weight is 688 g/mol. The molecule has 260 valence electrons. The van der Waals surface area contributed by atoms with E-state index in [1.807, 2.05) is 70.1 Å². The Labute approximate surface area is 285 Å². The van der Waals surface area contributed by atoms with E-state index in [2.05, 4.69) is 20.3 Å². The number of primary amides is 1. The van der Waals surface area contributed by atoms with E-state index in [0.717, 1.165) is 44.4 Å². The molecule has 0 aliphatic heterocycles. The van der Waals surface area contributed by atoms with Crippen LogP contribution in [0.15, 0.2) is 91.1 Å². The number of hydrogen-bond acceptors (Lipinski definition) is 8. The molecule has 4 aromatic carbocycles. The molecule has 11 nitrogen and oxygen atoms in total. The molecule has 6 aromatic rings. The Balaban J connectivity index is 1.34. The van der Waals surface area contributed by atoms with E-state index in [4.69, 9.17) is 10.7 Å². The Morgan fingerprint density at radius 2 is 1.68 bits per heavy atom. The van der Waals surface area contributed by atoms with Crippen molar-refractivity contribution in [3.05, 3.63) is 108 Å². The van der Waals surface area contributed by atoms with Gasteiger partial charge in [0, 0.05) is 55.3 Å². The fraction of sp³-hybridized carbons (Fsp3) is 0.250. The van der Waals surface area contributed by atoms with Crippen LogP contribution in [0, 0.1) is 0 Å². The summed E-state index contributed by atoms with van der Waals surface area (Å²) in [6.07, 6.45) is -2.99. The third-order valence-electron chi connectivity index (χ3n) is 8.37. The predicted octanol–water partition coefficient (Wildman–Crippen LogP) is 5.02. The number of hydrogen-bond donors (Lipinski definition) is 5. The molecule has 0 bridgehead atoms. The molecule has 0 saturated heterocycles. The second-order valence-corrected chi connectivity index (χ2v) is 11.8. The minimum absolute atomic E-state index is 0.0546. The van der Waals surface area contributed by atoms with E-state index in [1.165, 1.54) is 12.1 Å². The third-order valence-corrected chi connectivity index (χ3v) is 8.37. The second-order valence-electron chi connectivity index (χ2n) is 11.8. The molecule has 2 heterocycles. The van der Waals surface area contributed by atoms with Gasteiger partial charge in [-0.05, 0) is 77.4 Å². The Morgan fingerprint density at radius 3 is 2.36 bits per heavy atom. The van der Waals surface area contributed by atoms with Crippen molar-refractivity contribution in [2.45, 2.75) is 31.9 Å². The number of ether oxygens (including phenoxy) is 1. The number of rotatable bonds is 15. The highest BCUT2D eigenvalue weighted by atomic mass is 19.4. The van der Waals surface area contributed by atoms with Crippen LogP contribution < -0.4 is 20.7 Å². The first-order valence-corrected chi connectivity index (χ1v) is 16.0. The maximum absolute atomic E-state index is 12.8. The van der Waals surface area contributed by atoms with Crippen molar-refractivity contribution in [1.82, 2.24) is 25.1 Å². The van der Waals surface area contributed by atoms with Crippen LogP contribution in [0.2, 0.25) is 0 Å². The third kappa shape index (κ3) is 8.22. The van der Waals surface area contributed by atoms with Crippen molar-refractivity contribution < 1.29 is 32.9 Å². The molecular weight excluding hydrogens is 651 g/mol. The van der Waals surface area contributed by atoms with Crippen LogP contribution in [0.5, 0.6) is 5.75 Å². The first-order valence-electron chi connectivity index (χ1n) is 16.0. The van der Waals surface area contributed by atoms with E-state index in [9.17, 15) is 28.2 Å². The number of imidazole rings is 1. The fourth-order valence-corrected chi connectivity index (χ4v) is 6.01. The molecule has 6 rings (SSSR count). The van der Waals surface area contributed by atoms with Crippen molar-refractivity contribution in [2.24, 2.45) is 5.73 Å². The molecule has 6 N–H and O–H groups in total. The van der Waals surface area contributed by atoms with Crippen molar-refractivity contribution in [3.8, 4) is 17.1 Å². The zero-order valence-corrected chi connectivity index (χ0v) is 26.9. The summed E-state index contributed by atoms with van der Waals surface area (Å²) in [5.41, 5.74) is 12.1. The largest absolute Gasteiger partial charge is 0.573 e. The molecule has 50 heavy (non-hydrogen) atoms. The number of aromatic nitrogens is 4. The first-order chi connectivity index (χ1) is 24.1. The Bertz CT molecular complexity index is 2060. The molecule has 0 radical (unpaired) electrons. The van der Waals surface area contributed by atoms with Gasteiger partial charge in [0.05, 0.1) is 36.0 Å².